The summed E-state index contributed by atoms with van der Waals surface area (Å²) in [5.74, 6) is 0. The molecule has 0 spiro atoms. The number of hydrogen-bond donors (Lipinski definition) is 2. The molecule has 5 nitrogen and oxygen atoms in total. The second-order valence-electron chi connectivity index (χ2n) is 1.35. The lowest BCUT2D eigenvalue weighted by atomic mass is 10.8. The highest BCUT2D eigenvalue weighted by Gasteiger charge is 2.14. The van der Waals surface area contributed by atoms with Gasteiger partial charge in [0.1, 0.15) is 0 Å². The molecule has 0 aliphatic carbocycles. The fourth-order valence-corrected chi connectivity index (χ4v) is 0.139. The topological polar surface area (TPSA) is 92.7 Å². The van der Waals surface area contributed by atoms with Gasteiger partial charge in [0, 0.05) is 7.05 Å². The second-order valence-corrected chi connectivity index (χ2v) is 1.35. The molecular formula is C3H9N3O2+2. The van der Waals surface area contributed by atoms with Gasteiger partial charge in [0.2, 0.25) is 0 Å². The minimum absolute atomic E-state index is 0.537. The normalized spacial score (nSPS) is 8.38. The van der Waals surface area contributed by atoms with Crippen molar-refractivity contribution in [3.05, 3.63) is 0 Å². The Balaban J connectivity index is 3.83. The Morgan fingerprint density at radius 2 is 1.50 bits per heavy atom. The lowest BCUT2D eigenvalue weighted by Gasteiger charge is -1.98. The smallest absolute Gasteiger partial charge is 0.274 e. The van der Waals surface area contributed by atoms with Crippen LogP contribution in [0.15, 0.2) is 0 Å². The molecule has 0 aromatic rings. The highest BCUT2D eigenvalue weighted by molar-refractivity contribution is 5.82. The molecule has 0 saturated heterocycles. The van der Waals surface area contributed by atoms with E-state index in [-0.39, 0.29) is 0 Å². The molecule has 0 bridgehead atoms. The van der Waals surface area contributed by atoms with E-state index in [9.17, 15) is 9.59 Å². The molecule has 5 heteroatoms. The number of amides is 4. The summed E-state index contributed by atoms with van der Waals surface area (Å²) in [4.78, 5) is 21.1. The molecule has 8 heavy (non-hydrogen) atoms. The minimum atomic E-state index is -0.537. The number of hydrogen-bond acceptors (Lipinski definition) is 2. The molecule has 4 amide bonds. The van der Waals surface area contributed by atoms with Gasteiger partial charge in [-0.05, 0) is 0 Å². The van der Waals surface area contributed by atoms with Crippen molar-refractivity contribution in [2.75, 3.05) is 7.05 Å². The SMILES string of the molecule is CN(C([NH3+])=O)C([NH3+])=O. The summed E-state index contributed by atoms with van der Waals surface area (Å²) >= 11 is 0. The van der Waals surface area contributed by atoms with E-state index in [1.54, 1.807) is 0 Å². The van der Waals surface area contributed by atoms with Crippen molar-refractivity contribution in [2.45, 2.75) is 0 Å². The van der Waals surface area contributed by atoms with Crippen LogP contribution in [0.1, 0.15) is 0 Å². The highest BCUT2D eigenvalue weighted by Crippen LogP contribution is 1.72. The Hall–Kier alpha value is -0.940. The number of rotatable bonds is 0. The number of urea groups is 2. The lowest BCUT2D eigenvalue weighted by molar-refractivity contribution is -0.288. The van der Waals surface area contributed by atoms with Crippen molar-refractivity contribution in [3.63, 3.8) is 0 Å². The molecule has 0 fully saturated rings. The predicted molar refractivity (Wildman–Crippen MR) is 24.3 cm³/mol. The van der Waals surface area contributed by atoms with E-state index in [0.29, 0.717) is 0 Å². The van der Waals surface area contributed by atoms with Crippen molar-refractivity contribution in [1.82, 2.24) is 4.90 Å². The molecule has 0 saturated carbocycles. The van der Waals surface area contributed by atoms with Crippen molar-refractivity contribution in [1.29, 1.82) is 0 Å². The summed E-state index contributed by atoms with van der Waals surface area (Å²) in [6.07, 6.45) is 0. The van der Waals surface area contributed by atoms with Crippen LogP contribution in [0, 0.1) is 0 Å². The van der Waals surface area contributed by atoms with E-state index in [1.807, 2.05) is 0 Å². The van der Waals surface area contributed by atoms with Gasteiger partial charge in [0.05, 0.1) is 0 Å². The number of quaternary nitrogens is 2. The summed E-state index contributed by atoms with van der Waals surface area (Å²) in [6, 6.07) is -1.07. The fraction of sp³-hybridized carbons (Fsp3) is 0.333. The monoisotopic (exact) mass is 119 g/mol. The molecule has 0 aliphatic heterocycles. The van der Waals surface area contributed by atoms with Gasteiger partial charge in [-0.2, -0.15) is 4.90 Å². The van der Waals surface area contributed by atoms with E-state index < -0.39 is 12.1 Å². The molecule has 0 atom stereocenters. The summed E-state index contributed by atoms with van der Waals surface area (Å²) in [7, 11) is 1.32. The average molecular weight is 119 g/mol. The Morgan fingerprint density at radius 1 is 1.25 bits per heavy atom. The number of carbonyl (C=O) groups is 2. The Bertz CT molecular complexity index is 108. The van der Waals surface area contributed by atoms with Gasteiger partial charge in [-0.1, -0.05) is 0 Å². The van der Waals surface area contributed by atoms with Crippen molar-refractivity contribution in [3.8, 4) is 0 Å². The lowest BCUT2D eigenvalue weighted by Crippen LogP contribution is -2.72. The van der Waals surface area contributed by atoms with E-state index in [0.717, 1.165) is 4.90 Å². The summed E-state index contributed by atoms with van der Waals surface area (Å²) < 4.78 is 0. The number of nitrogens with zero attached hydrogens (tertiary/aromatic N) is 1. The summed E-state index contributed by atoms with van der Waals surface area (Å²) in [5, 5.41) is 0. The zero-order valence-corrected chi connectivity index (χ0v) is 4.68. The molecule has 0 aromatic carbocycles. The standard InChI is InChI=1S/C3H7N3O2/c1-6(2(4)7)3(5)8/h1H3,(H2,4,7)(H2,5,8)/p+2. The van der Waals surface area contributed by atoms with E-state index in [2.05, 4.69) is 11.5 Å². The molecule has 0 aromatic heterocycles. The van der Waals surface area contributed by atoms with E-state index in [1.165, 1.54) is 7.05 Å². The van der Waals surface area contributed by atoms with Gasteiger partial charge in [-0.3, -0.25) is 11.5 Å². The van der Waals surface area contributed by atoms with Crippen LogP contribution in [0.2, 0.25) is 0 Å². The van der Waals surface area contributed by atoms with Crippen LogP contribution in [0.25, 0.3) is 0 Å². The highest BCUT2D eigenvalue weighted by atomic mass is 16.2. The number of carbonyl (C=O) groups excluding carboxylic acids is 2. The van der Waals surface area contributed by atoms with Crippen LogP contribution >= 0.6 is 0 Å². The Morgan fingerprint density at radius 3 is 1.50 bits per heavy atom. The molecule has 0 aliphatic rings. The minimum Gasteiger partial charge on any atom is -0.274 e. The quantitative estimate of drug-likeness (QED) is 0.373. The molecule has 0 unspecified atom stereocenters. The van der Waals surface area contributed by atoms with Crippen molar-refractivity contribution < 1.29 is 21.1 Å². The van der Waals surface area contributed by atoms with Gasteiger partial charge in [-0.25, -0.2) is 9.59 Å². The second kappa shape index (κ2) is 2.39. The maximum absolute atomic E-state index is 10.1. The van der Waals surface area contributed by atoms with Crippen LogP contribution in [-0.2, 0) is 0 Å². The zero-order chi connectivity index (χ0) is 6.73. The van der Waals surface area contributed by atoms with Gasteiger partial charge in [-0.15, -0.1) is 0 Å². The van der Waals surface area contributed by atoms with Gasteiger partial charge in [0.15, 0.2) is 0 Å². The van der Waals surface area contributed by atoms with Crippen molar-refractivity contribution in [2.24, 2.45) is 0 Å². The van der Waals surface area contributed by atoms with Gasteiger partial charge >= 0.3 is 12.1 Å². The first-order chi connectivity index (χ1) is 3.55. The summed E-state index contributed by atoms with van der Waals surface area (Å²) in [5.41, 5.74) is 5.97. The number of imide groups is 1. The average Bonchev–Trinajstić information content (AvgIpc) is 1.64. The van der Waals surface area contributed by atoms with Crippen LogP contribution in [0.4, 0.5) is 9.59 Å². The summed E-state index contributed by atoms with van der Waals surface area (Å²) in [6.45, 7) is 0. The first kappa shape index (κ1) is 7.06. The molecular weight excluding hydrogens is 110 g/mol. The Labute approximate surface area is 46.2 Å². The predicted octanol–water partition coefficient (Wildman–Crippen LogP) is -2.36. The maximum Gasteiger partial charge on any atom is 0.425 e. The molecule has 0 radical (unpaired) electrons. The third kappa shape index (κ3) is 1.67. The van der Waals surface area contributed by atoms with Crippen LogP contribution < -0.4 is 11.5 Å². The maximum atomic E-state index is 10.1. The fourth-order valence-electron chi connectivity index (χ4n) is 0.139. The molecule has 46 valence electrons. The first-order valence-corrected chi connectivity index (χ1v) is 2.01. The Kier molecular flexibility index (Phi) is 2.11. The first-order valence-electron chi connectivity index (χ1n) is 2.01. The largest absolute Gasteiger partial charge is 0.425 e. The van der Waals surface area contributed by atoms with E-state index in [4.69, 9.17) is 0 Å². The molecule has 6 N–H and O–H groups in total. The van der Waals surface area contributed by atoms with E-state index >= 15 is 0 Å². The third-order valence-corrected chi connectivity index (χ3v) is 0.748. The molecule has 0 heterocycles. The van der Waals surface area contributed by atoms with Gasteiger partial charge < -0.3 is 0 Å². The van der Waals surface area contributed by atoms with Crippen LogP contribution in [0.3, 0.4) is 0 Å². The zero-order valence-electron chi connectivity index (χ0n) is 4.68. The molecule has 0 rings (SSSR count). The third-order valence-electron chi connectivity index (χ3n) is 0.748. The van der Waals surface area contributed by atoms with Crippen LogP contribution in [0.5, 0.6) is 0 Å². The van der Waals surface area contributed by atoms with Crippen LogP contribution in [-0.4, -0.2) is 24.0 Å². The van der Waals surface area contributed by atoms with Crippen molar-refractivity contribution >= 4 is 12.1 Å². The van der Waals surface area contributed by atoms with Gasteiger partial charge in [0.25, 0.3) is 0 Å².